The zero-order chi connectivity index (χ0) is 16.2. The van der Waals surface area contributed by atoms with Gasteiger partial charge in [-0.05, 0) is 37.0 Å². The molecule has 1 aromatic carbocycles. The molecule has 2 amide bonds. The van der Waals surface area contributed by atoms with Gasteiger partial charge in [0.15, 0.2) is 0 Å². The Morgan fingerprint density at radius 1 is 1.05 bits per heavy atom. The molecule has 4 nitrogen and oxygen atoms in total. The number of piperidine rings is 1. The molecular weight excluding hydrogens is 276 g/mol. The lowest BCUT2D eigenvalue weighted by atomic mass is 9.95. The molecule has 0 bridgehead atoms. The van der Waals surface area contributed by atoms with E-state index >= 15 is 0 Å². The molecule has 1 saturated heterocycles. The number of hydrogen-bond acceptors (Lipinski definition) is 2. The van der Waals surface area contributed by atoms with Crippen LogP contribution in [0.15, 0.2) is 24.3 Å². The normalized spacial score (nSPS) is 15.5. The van der Waals surface area contributed by atoms with E-state index in [1.807, 2.05) is 49.9 Å². The second-order valence-electron chi connectivity index (χ2n) is 6.98. The minimum absolute atomic E-state index is 0.0287. The molecule has 1 aromatic rings. The van der Waals surface area contributed by atoms with Crippen LogP contribution < -0.4 is 5.32 Å². The molecule has 0 radical (unpaired) electrons. The molecule has 0 atom stereocenters. The molecule has 2 rings (SSSR count). The van der Waals surface area contributed by atoms with Gasteiger partial charge < -0.3 is 10.2 Å². The first kappa shape index (κ1) is 16.5. The van der Waals surface area contributed by atoms with Gasteiger partial charge in [-0.3, -0.25) is 9.59 Å². The van der Waals surface area contributed by atoms with Crippen LogP contribution in [0.3, 0.4) is 0 Å². The van der Waals surface area contributed by atoms with E-state index in [1.165, 1.54) is 6.42 Å². The van der Waals surface area contributed by atoms with Gasteiger partial charge in [-0.1, -0.05) is 32.9 Å². The molecule has 1 heterocycles. The van der Waals surface area contributed by atoms with Crippen molar-refractivity contribution >= 4 is 11.8 Å². The van der Waals surface area contributed by atoms with Gasteiger partial charge in [-0.25, -0.2) is 0 Å². The van der Waals surface area contributed by atoms with Gasteiger partial charge in [0, 0.05) is 30.6 Å². The maximum Gasteiger partial charge on any atom is 0.253 e. The summed E-state index contributed by atoms with van der Waals surface area (Å²) in [6.45, 7) is 7.90. The molecule has 1 N–H and O–H groups in total. The predicted molar refractivity (Wildman–Crippen MR) is 87.5 cm³/mol. The Kier molecular flexibility index (Phi) is 5.22. The number of nitrogens with zero attached hydrogens (tertiary/aromatic N) is 1. The van der Waals surface area contributed by atoms with Gasteiger partial charge >= 0.3 is 0 Å². The number of benzene rings is 1. The first-order valence-corrected chi connectivity index (χ1v) is 8.04. The minimum atomic E-state index is -0.385. The summed E-state index contributed by atoms with van der Waals surface area (Å²) in [4.78, 5) is 26.1. The molecule has 120 valence electrons. The molecule has 22 heavy (non-hydrogen) atoms. The van der Waals surface area contributed by atoms with E-state index in [4.69, 9.17) is 0 Å². The summed E-state index contributed by atoms with van der Waals surface area (Å²) < 4.78 is 0. The zero-order valence-corrected chi connectivity index (χ0v) is 13.8. The van der Waals surface area contributed by atoms with Crippen molar-refractivity contribution in [1.29, 1.82) is 0 Å². The van der Waals surface area contributed by atoms with Crippen molar-refractivity contribution in [3.05, 3.63) is 35.4 Å². The Morgan fingerprint density at radius 2 is 1.64 bits per heavy atom. The van der Waals surface area contributed by atoms with Gasteiger partial charge in [0.2, 0.25) is 5.91 Å². The monoisotopic (exact) mass is 302 g/mol. The molecule has 0 saturated carbocycles. The smallest absolute Gasteiger partial charge is 0.253 e. The van der Waals surface area contributed by atoms with E-state index in [0.29, 0.717) is 6.54 Å². The van der Waals surface area contributed by atoms with Gasteiger partial charge in [0.1, 0.15) is 0 Å². The highest BCUT2D eigenvalue weighted by Gasteiger charge is 2.21. The van der Waals surface area contributed by atoms with Gasteiger partial charge in [-0.2, -0.15) is 0 Å². The Hall–Kier alpha value is -1.84. The average Bonchev–Trinajstić information content (AvgIpc) is 2.52. The first-order chi connectivity index (χ1) is 10.4. The van der Waals surface area contributed by atoms with Crippen molar-refractivity contribution in [1.82, 2.24) is 10.2 Å². The standard InChI is InChI=1S/C18H26N2O2/c1-18(2,3)17(22)19-13-14-7-9-15(10-8-14)16(21)20-11-5-4-6-12-20/h7-10H,4-6,11-13H2,1-3H3,(H,19,22). The van der Waals surface area contributed by atoms with E-state index in [2.05, 4.69) is 5.32 Å². The maximum atomic E-state index is 12.4. The highest BCUT2D eigenvalue weighted by atomic mass is 16.2. The van der Waals surface area contributed by atoms with Crippen molar-refractivity contribution in [2.45, 2.75) is 46.6 Å². The zero-order valence-electron chi connectivity index (χ0n) is 13.8. The van der Waals surface area contributed by atoms with E-state index in [1.54, 1.807) is 0 Å². The Bertz CT molecular complexity index is 523. The van der Waals surface area contributed by atoms with Crippen LogP contribution in [-0.2, 0) is 11.3 Å². The largest absolute Gasteiger partial charge is 0.352 e. The number of hydrogen-bond donors (Lipinski definition) is 1. The summed E-state index contributed by atoms with van der Waals surface area (Å²) in [5.74, 6) is 0.144. The summed E-state index contributed by atoms with van der Waals surface area (Å²) in [7, 11) is 0. The topological polar surface area (TPSA) is 49.4 Å². The number of rotatable bonds is 3. The molecule has 4 heteroatoms. The quantitative estimate of drug-likeness (QED) is 0.933. The van der Waals surface area contributed by atoms with Crippen LogP contribution in [-0.4, -0.2) is 29.8 Å². The third-order valence-electron chi connectivity index (χ3n) is 3.98. The van der Waals surface area contributed by atoms with Crippen molar-refractivity contribution in [3.8, 4) is 0 Å². The van der Waals surface area contributed by atoms with Crippen LogP contribution >= 0.6 is 0 Å². The van der Waals surface area contributed by atoms with Crippen molar-refractivity contribution in [2.24, 2.45) is 5.41 Å². The molecule has 1 fully saturated rings. The highest BCUT2D eigenvalue weighted by Crippen LogP contribution is 2.15. The predicted octanol–water partition coefficient (Wildman–Crippen LogP) is 2.98. The molecule has 1 aliphatic rings. The Morgan fingerprint density at radius 3 is 2.18 bits per heavy atom. The fourth-order valence-corrected chi connectivity index (χ4v) is 2.49. The summed E-state index contributed by atoms with van der Waals surface area (Å²) in [6.07, 6.45) is 3.42. The van der Waals surface area contributed by atoms with Gasteiger partial charge in [0.25, 0.3) is 5.91 Å². The average molecular weight is 302 g/mol. The Balaban J connectivity index is 1.92. The van der Waals surface area contributed by atoms with Crippen LogP contribution in [0.4, 0.5) is 0 Å². The summed E-state index contributed by atoms with van der Waals surface area (Å²) in [6, 6.07) is 7.55. The van der Waals surface area contributed by atoms with E-state index in [-0.39, 0.29) is 17.2 Å². The van der Waals surface area contributed by atoms with Gasteiger partial charge in [0.05, 0.1) is 0 Å². The van der Waals surface area contributed by atoms with E-state index in [0.717, 1.165) is 37.1 Å². The van der Waals surface area contributed by atoms with E-state index in [9.17, 15) is 9.59 Å². The number of likely N-dealkylation sites (tertiary alicyclic amines) is 1. The number of carbonyl (C=O) groups excluding carboxylic acids is 2. The minimum Gasteiger partial charge on any atom is -0.352 e. The maximum absolute atomic E-state index is 12.4. The second kappa shape index (κ2) is 6.95. The van der Waals surface area contributed by atoms with Crippen molar-refractivity contribution in [3.63, 3.8) is 0 Å². The third-order valence-corrected chi connectivity index (χ3v) is 3.98. The fraction of sp³-hybridized carbons (Fsp3) is 0.556. The van der Waals surface area contributed by atoms with Crippen LogP contribution in [0.25, 0.3) is 0 Å². The van der Waals surface area contributed by atoms with Crippen molar-refractivity contribution in [2.75, 3.05) is 13.1 Å². The first-order valence-electron chi connectivity index (χ1n) is 8.04. The van der Waals surface area contributed by atoms with E-state index < -0.39 is 0 Å². The highest BCUT2D eigenvalue weighted by molar-refractivity contribution is 5.94. The van der Waals surface area contributed by atoms with Crippen LogP contribution in [0.1, 0.15) is 56.0 Å². The van der Waals surface area contributed by atoms with Crippen LogP contribution in [0, 0.1) is 5.41 Å². The summed E-state index contributed by atoms with van der Waals surface area (Å²) in [5, 5.41) is 2.92. The van der Waals surface area contributed by atoms with Crippen LogP contribution in [0.2, 0.25) is 0 Å². The summed E-state index contributed by atoms with van der Waals surface area (Å²) in [5.41, 5.74) is 1.35. The molecule has 1 aliphatic heterocycles. The second-order valence-corrected chi connectivity index (χ2v) is 6.98. The SMILES string of the molecule is CC(C)(C)C(=O)NCc1ccc(C(=O)N2CCCCC2)cc1. The number of carbonyl (C=O) groups is 2. The van der Waals surface area contributed by atoms with Gasteiger partial charge in [-0.15, -0.1) is 0 Å². The molecule has 0 unspecified atom stereocenters. The molecule has 0 aromatic heterocycles. The summed E-state index contributed by atoms with van der Waals surface area (Å²) >= 11 is 0. The lowest BCUT2D eigenvalue weighted by Crippen LogP contribution is -2.35. The molecule has 0 spiro atoms. The Labute approximate surface area is 132 Å². The number of amides is 2. The number of nitrogens with one attached hydrogen (secondary N) is 1. The van der Waals surface area contributed by atoms with Crippen LogP contribution in [0.5, 0.6) is 0 Å². The fourth-order valence-electron chi connectivity index (χ4n) is 2.49. The molecule has 0 aliphatic carbocycles. The molecular formula is C18H26N2O2. The lowest BCUT2D eigenvalue weighted by Gasteiger charge is -2.26. The van der Waals surface area contributed by atoms with Crippen molar-refractivity contribution < 1.29 is 9.59 Å². The third kappa shape index (κ3) is 4.33. The lowest BCUT2D eigenvalue weighted by molar-refractivity contribution is -0.128.